The summed E-state index contributed by atoms with van der Waals surface area (Å²) in [6, 6.07) is 20.2. The van der Waals surface area contributed by atoms with Gasteiger partial charge in [-0.1, -0.05) is 40.2 Å². The van der Waals surface area contributed by atoms with E-state index in [0.717, 1.165) is 33.9 Å². The molecule has 0 atom stereocenters. The Morgan fingerprint density at radius 2 is 1.62 bits per heavy atom. The summed E-state index contributed by atoms with van der Waals surface area (Å²) in [5, 5.41) is 3.39. The second kappa shape index (κ2) is 8.92. The third-order valence-electron chi connectivity index (χ3n) is 3.58. The molecule has 0 bridgehead atoms. The largest absolute Gasteiger partial charge is 0.497 e. The van der Waals surface area contributed by atoms with Crippen molar-refractivity contribution >= 4 is 28.3 Å². The van der Waals surface area contributed by atoms with E-state index < -0.39 is 0 Å². The summed E-state index contributed by atoms with van der Waals surface area (Å²) in [4.78, 5) is 0. The van der Waals surface area contributed by atoms with Crippen molar-refractivity contribution in [2.45, 2.75) is 13.1 Å². The van der Waals surface area contributed by atoms with Crippen LogP contribution in [-0.4, -0.2) is 7.11 Å². The molecule has 1 heterocycles. The molecule has 3 nitrogen and oxygen atoms in total. The predicted octanol–water partition coefficient (Wildman–Crippen LogP) is 5.43. The van der Waals surface area contributed by atoms with Crippen LogP contribution in [-0.2, 0) is 13.1 Å². The van der Waals surface area contributed by atoms with Crippen molar-refractivity contribution in [3.05, 3.63) is 76.5 Å². The summed E-state index contributed by atoms with van der Waals surface area (Å²) in [6.45, 7) is 1.49. The summed E-state index contributed by atoms with van der Waals surface area (Å²) in [6.07, 6.45) is 0. The summed E-state index contributed by atoms with van der Waals surface area (Å²) in [5.74, 6) is 2.69. The fourth-order valence-corrected chi connectivity index (χ4v) is 2.58. The maximum atomic E-state index is 5.89. The van der Waals surface area contributed by atoms with Gasteiger partial charge in [0.05, 0.1) is 13.7 Å². The zero-order valence-corrected chi connectivity index (χ0v) is 15.7. The van der Waals surface area contributed by atoms with Crippen molar-refractivity contribution in [1.29, 1.82) is 0 Å². The smallest absolute Gasteiger partial charge is 0.134 e. The van der Waals surface area contributed by atoms with Crippen molar-refractivity contribution < 1.29 is 9.15 Å². The molecule has 0 aliphatic heterocycles. The average Bonchev–Trinajstić information content (AvgIpc) is 3.05. The quantitative estimate of drug-likeness (QED) is 0.590. The van der Waals surface area contributed by atoms with Crippen LogP contribution in [0.5, 0.6) is 5.75 Å². The molecule has 3 rings (SSSR count). The Bertz CT molecular complexity index is 754. The van der Waals surface area contributed by atoms with Gasteiger partial charge in [-0.25, -0.2) is 0 Å². The van der Waals surface area contributed by atoms with Crippen molar-refractivity contribution in [2.75, 3.05) is 7.11 Å². The molecule has 0 aliphatic rings. The Morgan fingerprint density at radius 3 is 2.29 bits per heavy atom. The molecule has 5 heteroatoms. The third-order valence-corrected chi connectivity index (χ3v) is 4.11. The van der Waals surface area contributed by atoms with Crippen molar-refractivity contribution in [3.63, 3.8) is 0 Å². The number of nitrogens with one attached hydrogen (secondary N) is 1. The van der Waals surface area contributed by atoms with Crippen molar-refractivity contribution in [3.8, 4) is 17.1 Å². The van der Waals surface area contributed by atoms with Crippen LogP contribution in [0.2, 0.25) is 0 Å². The van der Waals surface area contributed by atoms with Gasteiger partial charge in [-0.2, -0.15) is 0 Å². The minimum absolute atomic E-state index is 0. The van der Waals surface area contributed by atoms with Crippen molar-refractivity contribution in [2.24, 2.45) is 0 Å². The molecule has 0 fully saturated rings. The molecule has 0 unspecified atom stereocenters. The minimum Gasteiger partial charge on any atom is -0.497 e. The van der Waals surface area contributed by atoms with E-state index in [2.05, 4.69) is 33.4 Å². The van der Waals surface area contributed by atoms with Crippen LogP contribution in [0.15, 0.2) is 69.6 Å². The molecule has 0 saturated heterocycles. The first-order valence-corrected chi connectivity index (χ1v) is 8.22. The normalized spacial score (nSPS) is 10.2. The molecule has 0 saturated carbocycles. The predicted molar refractivity (Wildman–Crippen MR) is 103 cm³/mol. The summed E-state index contributed by atoms with van der Waals surface area (Å²) >= 11 is 3.44. The Balaban J connectivity index is 0.00000208. The lowest BCUT2D eigenvalue weighted by Gasteiger charge is -2.05. The number of rotatable bonds is 6. The van der Waals surface area contributed by atoms with E-state index in [0.29, 0.717) is 6.54 Å². The maximum Gasteiger partial charge on any atom is 0.134 e. The van der Waals surface area contributed by atoms with Gasteiger partial charge in [0.25, 0.3) is 0 Å². The Hall–Kier alpha value is -1.75. The Morgan fingerprint density at radius 1 is 0.917 bits per heavy atom. The number of halogens is 2. The van der Waals surface area contributed by atoms with E-state index >= 15 is 0 Å². The molecule has 0 amide bonds. The highest BCUT2D eigenvalue weighted by molar-refractivity contribution is 9.10. The number of benzene rings is 2. The molecule has 24 heavy (non-hydrogen) atoms. The molecule has 0 aliphatic carbocycles. The van der Waals surface area contributed by atoms with Crippen LogP contribution in [0.3, 0.4) is 0 Å². The number of hydrogen-bond donors (Lipinski definition) is 1. The topological polar surface area (TPSA) is 34.4 Å². The fraction of sp³-hybridized carbons (Fsp3) is 0.158. The van der Waals surface area contributed by atoms with Gasteiger partial charge in [-0.05, 0) is 42.0 Å². The zero-order valence-electron chi connectivity index (χ0n) is 13.3. The second-order valence-corrected chi connectivity index (χ2v) is 6.14. The van der Waals surface area contributed by atoms with Crippen LogP contribution in [0.25, 0.3) is 11.3 Å². The van der Waals surface area contributed by atoms with Crippen LogP contribution in [0, 0.1) is 0 Å². The lowest BCUT2D eigenvalue weighted by molar-refractivity contribution is 0.414. The number of methoxy groups -OCH3 is 1. The van der Waals surface area contributed by atoms with Gasteiger partial charge in [0.15, 0.2) is 0 Å². The molecule has 126 valence electrons. The SMILES string of the molecule is COc1ccc(CNCc2ccc(-c3ccc(Br)cc3)o2)cc1.Cl. The first kappa shape index (κ1) is 18.6. The van der Waals surface area contributed by atoms with Gasteiger partial charge in [0.1, 0.15) is 17.3 Å². The van der Waals surface area contributed by atoms with E-state index in [-0.39, 0.29) is 12.4 Å². The number of ether oxygens (including phenoxy) is 1. The fourth-order valence-electron chi connectivity index (χ4n) is 2.32. The van der Waals surface area contributed by atoms with E-state index in [1.54, 1.807) is 7.11 Å². The molecule has 0 radical (unpaired) electrons. The standard InChI is InChI=1S/C19H18BrNO2.ClH/c1-22-17-8-2-14(3-9-17)12-21-13-18-10-11-19(23-18)15-4-6-16(20)7-5-15;/h2-11,21H,12-13H2,1H3;1H. The summed E-state index contributed by atoms with van der Waals surface area (Å²) in [7, 11) is 1.67. The van der Waals surface area contributed by atoms with Crippen LogP contribution < -0.4 is 10.1 Å². The number of hydrogen-bond acceptors (Lipinski definition) is 3. The summed E-state index contributed by atoms with van der Waals surface area (Å²) in [5.41, 5.74) is 2.29. The highest BCUT2D eigenvalue weighted by Gasteiger charge is 2.04. The lowest BCUT2D eigenvalue weighted by atomic mass is 10.2. The van der Waals surface area contributed by atoms with Gasteiger partial charge in [0.2, 0.25) is 0 Å². The third kappa shape index (κ3) is 4.87. The van der Waals surface area contributed by atoms with E-state index in [9.17, 15) is 0 Å². The molecule has 1 aromatic heterocycles. The van der Waals surface area contributed by atoms with Gasteiger partial charge >= 0.3 is 0 Å². The molecule has 3 aromatic rings. The van der Waals surface area contributed by atoms with Crippen LogP contribution in [0.4, 0.5) is 0 Å². The zero-order chi connectivity index (χ0) is 16.1. The summed E-state index contributed by atoms with van der Waals surface area (Å²) < 4.78 is 12.1. The van der Waals surface area contributed by atoms with Gasteiger partial charge in [0, 0.05) is 16.6 Å². The second-order valence-electron chi connectivity index (χ2n) is 5.22. The van der Waals surface area contributed by atoms with Gasteiger partial charge in [-0.3, -0.25) is 0 Å². The van der Waals surface area contributed by atoms with Gasteiger partial charge in [-0.15, -0.1) is 12.4 Å². The molecule has 1 N–H and O–H groups in total. The Labute approximate surface area is 156 Å². The van der Waals surface area contributed by atoms with E-state index in [1.807, 2.05) is 48.5 Å². The van der Waals surface area contributed by atoms with Crippen LogP contribution >= 0.6 is 28.3 Å². The molecule has 0 spiro atoms. The Kier molecular flexibility index (Phi) is 6.91. The van der Waals surface area contributed by atoms with E-state index in [4.69, 9.17) is 9.15 Å². The lowest BCUT2D eigenvalue weighted by Crippen LogP contribution is -2.11. The number of furan rings is 1. The maximum absolute atomic E-state index is 5.89. The minimum atomic E-state index is 0. The van der Waals surface area contributed by atoms with Gasteiger partial charge < -0.3 is 14.5 Å². The van der Waals surface area contributed by atoms with E-state index in [1.165, 1.54) is 5.56 Å². The van der Waals surface area contributed by atoms with Crippen molar-refractivity contribution in [1.82, 2.24) is 5.32 Å². The first-order valence-electron chi connectivity index (χ1n) is 7.43. The van der Waals surface area contributed by atoms with Crippen LogP contribution in [0.1, 0.15) is 11.3 Å². The average molecular weight is 409 g/mol. The monoisotopic (exact) mass is 407 g/mol. The first-order chi connectivity index (χ1) is 11.2. The highest BCUT2D eigenvalue weighted by Crippen LogP contribution is 2.24. The highest BCUT2D eigenvalue weighted by atomic mass is 79.9. The molecular formula is C19H19BrClNO2. The molecular weight excluding hydrogens is 390 g/mol. The molecule has 2 aromatic carbocycles.